The van der Waals surface area contributed by atoms with Crippen LogP contribution in [0.2, 0.25) is 0 Å². The Hall–Kier alpha value is -3.70. The van der Waals surface area contributed by atoms with Gasteiger partial charge in [0.25, 0.3) is 0 Å². The SMILES string of the molecule is CC(C)(Oc1cc([S+](c2ccccc2)c2ccccc2)ccc1F)c1cc(F)c(F)c2ccccc12. The molecule has 5 heteroatoms. The van der Waals surface area contributed by atoms with Crippen LogP contribution in [0.15, 0.2) is 124 Å². The van der Waals surface area contributed by atoms with E-state index in [1.165, 1.54) is 12.1 Å². The summed E-state index contributed by atoms with van der Waals surface area (Å²) in [6.07, 6.45) is 0. The van der Waals surface area contributed by atoms with E-state index >= 15 is 4.39 Å². The van der Waals surface area contributed by atoms with Crippen LogP contribution in [0.4, 0.5) is 13.2 Å². The number of halogens is 3. The van der Waals surface area contributed by atoms with E-state index in [4.69, 9.17) is 4.74 Å². The molecule has 0 aliphatic heterocycles. The smallest absolute Gasteiger partial charge is 0.170 e. The van der Waals surface area contributed by atoms with Crippen LogP contribution in [0, 0.1) is 17.5 Å². The molecule has 0 N–H and O–H groups in total. The zero-order valence-electron chi connectivity index (χ0n) is 19.8. The topological polar surface area (TPSA) is 9.23 Å². The molecule has 0 heterocycles. The Morgan fingerprint density at radius 1 is 0.583 bits per heavy atom. The van der Waals surface area contributed by atoms with Crippen molar-refractivity contribution in [1.82, 2.24) is 0 Å². The largest absolute Gasteiger partial charge is 0.480 e. The molecule has 5 aromatic rings. The van der Waals surface area contributed by atoms with Crippen molar-refractivity contribution in [2.75, 3.05) is 0 Å². The van der Waals surface area contributed by atoms with E-state index in [9.17, 15) is 8.78 Å². The molecule has 0 saturated carbocycles. The number of hydrogen-bond donors (Lipinski definition) is 0. The van der Waals surface area contributed by atoms with Crippen LogP contribution in [0.3, 0.4) is 0 Å². The molecular formula is C31H24F3OS+. The van der Waals surface area contributed by atoms with Gasteiger partial charge in [-0.3, -0.25) is 0 Å². The molecule has 0 aliphatic carbocycles. The maximum absolute atomic E-state index is 15.1. The van der Waals surface area contributed by atoms with Gasteiger partial charge < -0.3 is 4.74 Å². The molecule has 5 rings (SSSR count). The van der Waals surface area contributed by atoms with E-state index in [0.717, 1.165) is 20.8 Å². The zero-order chi connectivity index (χ0) is 25.3. The lowest BCUT2D eigenvalue weighted by Gasteiger charge is -2.29. The Kier molecular flexibility index (Phi) is 6.50. The van der Waals surface area contributed by atoms with Crippen LogP contribution in [0.25, 0.3) is 10.8 Å². The van der Waals surface area contributed by atoms with Gasteiger partial charge in [0.1, 0.15) is 5.60 Å². The van der Waals surface area contributed by atoms with E-state index in [2.05, 4.69) is 24.3 Å². The van der Waals surface area contributed by atoms with Gasteiger partial charge in [0.15, 0.2) is 37.9 Å². The first kappa shape index (κ1) is 24.0. The minimum absolute atomic E-state index is 0.0516. The van der Waals surface area contributed by atoms with Gasteiger partial charge in [0.2, 0.25) is 0 Å². The molecular weight excluding hydrogens is 477 g/mol. The molecule has 0 amide bonds. The van der Waals surface area contributed by atoms with Gasteiger partial charge in [-0.15, -0.1) is 0 Å². The molecule has 0 fully saturated rings. The lowest BCUT2D eigenvalue weighted by atomic mass is 9.91. The normalized spacial score (nSPS) is 11.7. The molecule has 36 heavy (non-hydrogen) atoms. The summed E-state index contributed by atoms with van der Waals surface area (Å²) in [6.45, 7) is 3.46. The fourth-order valence-electron chi connectivity index (χ4n) is 4.34. The minimum atomic E-state index is -1.15. The van der Waals surface area contributed by atoms with Crippen molar-refractivity contribution in [2.45, 2.75) is 34.1 Å². The first-order chi connectivity index (χ1) is 17.3. The van der Waals surface area contributed by atoms with Gasteiger partial charge in [-0.1, -0.05) is 60.7 Å². The maximum atomic E-state index is 15.1. The average molecular weight is 502 g/mol. The summed E-state index contributed by atoms with van der Waals surface area (Å²) in [5, 5.41) is 0.680. The number of rotatable bonds is 6. The quantitative estimate of drug-likeness (QED) is 0.212. The number of benzene rings is 5. The Labute approximate surface area is 211 Å². The standard InChI is InChI=1S/C31H24F3OS/c1-31(2,26-20-28(33)30(34)25-16-10-9-15-24(25)26)35-29-19-23(17-18-27(29)32)36(21-11-5-3-6-12-21)22-13-7-4-8-14-22/h3-20H,1-2H3/q+1. The third-order valence-electron chi connectivity index (χ3n) is 6.04. The lowest BCUT2D eigenvalue weighted by molar-refractivity contribution is 0.103. The molecule has 0 saturated heterocycles. The maximum Gasteiger partial charge on any atom is 0.170 e. The Bertz CT molecular complexity index is 1480. The second-order valence-corrected chi connectivity index (χ2v) is 10.9. The van der Waals surface area contributed by atoms with Gasteiger partial charge in [0.05, 0.1) is 10.9 Å². The summed E-state index contributed by atoms with van der Waals surface area (Å²) in [5.74, 6) is -2.35. The fourth-order valence-corrected chi connectivity index (χ4v) is 6.45. The second kappa shape index (κ2) is 9.75. The van der Waals surface area contributed by atoms with E-state index in [1.807, 2.05) is 36.4 Å². The summed E-state index contributed by atoms with van der Waals surface area (Å²) in [5.41, 5.74) is -0.710. The van der Waals surface area contributed by atoms with E-state index < -0.39 is 33.9 Å². The van der Waals surface area contributed by atoms with Crippen LogP contribution in [0.5, 0.6) is 5.75 Å². The Morgan fingerprint density at radius 3 is 1.75 bits per heavy atom. The molecule has 0 bridgehead atoms. The van der Waals surface area contributed by atoms with Gasteiger partial charge in [-0.2, -0.15) is 0 Å². The third-order valence-corrected chi connectivity index (χ3v) is 8.26. The fraction of sp³-hybridized carbons (Fsp3) is 0.0968. The van der Waals surface area contributed by atoms with Crippen molar-refractivity contribution < 1.29 is 17.9 Å². The molecule has 0 unspecified atom stereocenters. The predicted molar refractivity (Wildman–Crippen MR) is 139 cm³/mol. The first-order valence-electron chi connectivity index (χ1n) is 11.6. The van der Waals surface area contributed by atoms with Crippen molar-refractivity contribution in [3.63, 3.8) is 0 Å². The van der Waals surface area contributed by atoms with Gasteiger partial charge in [-0.05, 0) is 61.7 Å². The first-order valence-corrected chi connectivity index (χ1v) is 12.8. The van der Waals surface area contributed by atoms with Crippen molar-refractivity contribution in [1.29, 1.82) is 0 Å². The number of fused-ring (bicyclic) bond motifs is 1. The lowest BCUT2D eigenvalue weighted by Crippen LogP contribution is -2.26. The predicted octanol–water partition coefficient (Wildman–Crippen LogP) is 8.67. The van der Waals surface area contributed by atoms with Crippen molar-refractivity contribution >= 4 is 21.7 Å². The molecule has 5 aromatic carbocycles. The van der Waals surface area contributed by atoms with Crippen LogP contribution < -0.4 is 4.74 Å². The van der Waals surface area contributed by atoms with Gasteiger partial charge >= 0.3 is 0 Å². The molecule has 0 spiro atoms. The van der Waals surface area contributed by atoms with Crippen molar-refractivity contribution in [2.24, 2.45) is 0 Å². The summed E-state index contributed by atoms with van der Waals surface area (Å²) >= 11 is 0. The summed E-state index contributed by atoms with van der Waals surface area (Å²) < 4.78 is 50.3. The van der Waals surface area contributed by atoms with Crippen LogP contribution in [-0.4, -0.2) is 0 Å². The second-order valence-electron chi connectivity index (χ2n) is 8.90. The highest BCUT2D eigenvalue weighted by atomic mass is 32.2. The van der Waals surface area contributed by atoms with Crippen LogP contribution in [-0.2, 0) is 16.5 Å². The highest BCUT2D eigenvalue weighted by molar-refractivity contribution is 7.97. The summed E-state index contributed by atoms with van der Waals surface area (Å²) in [7, 11) is -0.491. The zero-order valence-corrected chi connectivity index (χ0v) is 20.7. The van der Waals surface area contributed by atoms with Crippen LogP contribution >= 0.6 is 0 Å². The van der Waals surface area contributed by atoms with E-state index in [0.29, 0.717) is 10.9 Å². The number of hydrogen-bond acceptors (Lipinski definition) is 1. The van der Waals surface area contributed by atoms with Crippen molar-refractivity contribution in [3.8, 4) is 5.75 Å². The average Bonchev–Trinajstić information content (AvgIpc) is 2.89. The molecule has 1 nitrogen and oxygen atoms in total. The molecule has 0 aliphatic rings. The summed E-state index contributed by atoms with van der Waals surface area (Å²) in [4.78, 5) is 3.06. The molecule has 180 valence electrons. The highest BCUT2D eigenvalue weighted by Crippen LogP contribution is 2.38. The minimum Gasteiger partial charge on any atom is -0.480 e. The van der Waals surface area contributed by atoms with E-state index in [1.54, 1.807) is 44.2 Å². The van der Waals surface area contributed by atoms with Crippen LogP contribution in [0.1, 0.15) is 19.4 Å². The number of ether oxygens (including phenoxy) is 1. The van der Waals surface area contributed by atoms with E-state index in [-0.39, 0.29) is 11.1 Å². The van der Waals surface area contributed by atoms with Gasteiger partial charge in [0, 0.05) is 17.0 Å². The molecule has 0 radical (unpaired) electrons. The third kappa shape index (κ3) is 4.59. The monoisotopic (exact) mass is 501 g/mol. The van der Waals surface area contributed by atoms with Crippen molar-refractivity contribution in [3.05, 3.63) is 132 Å². The Morgan fingerprint density at radius 2 is 1.14 bits per heavy atom. The Balaban J connectivity index is 1.59. The molecule has 0 atom stereocenters. The van der Waals surface area contributed by atoms with Gasteiger partial charge in [-0.25, -0.2) is 13.2 Å². The summed E-state index contributed by atoms with van der Waals surface area (Å²) in [6, 6.07) is 32.7. The molecule has 0 aromatic heterocycles. The highest BCUT2D eigenvalue weighted by Gasteiger charge is 2.32.